The van der Waals surface area contributed by atoms with Gasteiger partial charge >= 0.3 is 0 Å². The maximum absolute atomic E-state index is 12.1. The van der Waals surface area contributed by atoms with Crippen molar-refractivity contribution in [1.82, 2.24) is 9.47 Å². The number of pyridine rings is 1. The summed E-state index contributed by atoms with van der Waals surface area (Å²) in [6.45, 7) is 9.48. The maximum atomic E-state index is 12.1. The highest BCUT2D eigenvalue weighted by Gasteiger charge is 2.15. The summed E-state index contributed by atoms with van der Waals surface area (Å²) in [6.07, 6.45) is 5.87. The average molecular weight is 317 g/mol. The summed E-state index contributed by atoms with van der Waals surface area (Å²) in [5, 5.41) is 1.67. The number of aromatic nitrogens is 1. The predicted molar refractivity (Wildman–Crippen MR) is 94.4 cm³/mol. The number of nitrogens with two attached hydrogens (primary N) is 1. The molecule has 0 amide bonds. The molecule has 0 spiro atoms. The van der Waals surface area contributed by atoms with E-state index in [9.17, 15) is 4.79 Å². The Balaban J connectivity index is 2.15. The molecule has 0 radical (unpaired) electrons. The van der Waals surface area contributed by atoms with Gasteiger partial charge in [-0.2, -0.15) is 0 Å². The van der Waals surface area contributed by atoms with Crippen LogP contribution in [0.5, 0.6) is 0 Å². The van der Waals surface area contributed by atoms with Gasteiger partial charge in [0.25, 0.3) is 5.56 Å². The van der Waals surface area contributed by atoms with Crippen LogP contribution in [0.3, 0.4) is 0 Å². The summed E-state index contributed by atoms with van der Waals surface area (Å²) < 4.78 is 6.87. The molecule has 5 heteroatoms. The van der Waals surface area contributed by atoms with Crippen LogP contribution in [0.2, 0.25) is 0 Å². The van der Waals surface area contributed by atoms with Crippen molar-refractivity contribution in [3.05, 3.63) is 44.9 Å². The molecule has 2 rings (SSSR count). The highest BCUT2D eigenvalue weighted by atomic mass is 16.5. The fourth-order valence-corrected chi connectivity index (χ4v) is 2.73. The number of methoxy groups -OCH3 is 1. The van der Waals surface area contributed by atoms with E-state index in [1.54, 1.807) is 23.8 Å². The molecular weight excluding hydrogens is 290 g/mol. The quantitative estimate of drug-likeness (QED) is 0.778. The van der Waals surface area contributed by atoms with Crippen LogP contribution in [-0.2, 0) is 11.3 Å². The molecule has 23 heavy (non-hydrogen) atoms. The van der Waals surface area contributed by atoms with Crippen molar-refractivity contribution in [3.8, 4) is 0 Å². The van der Waals surface area contributed by atoms with E-state index in [1.165, 1.54) is 0 Å². The number of hydrogen-bond acceptors (Lipinski definition) is 4. The SMILES string of the molecule is C=c1/c(=C\C=C(/C)OC)ccc(=O)n1CCN1CCC(N)CC1. The second-order valence-electron chi connectivity index (χ2n) is 6.05. The first-order valence-electron chi connectivity index (χ1n) is 8.10. The molecule has 0 bridgehead atoms. The van der Waals surface area contributed by atoms with Gasteiger partial charge in [-0.15, -0.1) is 0 Å². The van der Waals surface area contributed by atoms with Crippen LogP contribution in [0, 0.1) is 0 Å². The number of allylic oxidation sites excluding steroid dienone is 2. The van der Waals surface area contributed by atoms with Gasteiger partial charge in [0.15, 0.2) is 0 Å². The third-order valence-corrected chi connectivity index (χ3v) is 4.42. The van der Waals surface area contributed by atoms with E-state index in [4.69, 9.17) is 10.5 Å². The van der Waals surface area contributed by atoms with Gasteiger partial charge in [0.1, 0.15) is 0 Å². The monoisotopic (exact) mass is 317 g/mol. The van der Waals surface area contributed by atoms with Crippen LogP contribution in [0.4, 0.5) is 0 Å². The van der Waals surface area contributed by atoms with Gasteiger partial charge in [0, 0.05) is 30.5 Å². The third-order valence-electron chi connectivity index (χ3n) is 4.42. The van der Waals surface area contributed by atoms with Crippen LogP contribution in [-0.4, -0.2) is 42.3 Å². The molecule has 1 aromatic rings. The molecule has 2 N–H and O–H groups in total. The van der Waals surface area contributed by atoms with Crippen LogP contribution in [0.15, 0.2) is 28.8 Å². The second-order valence-corrected chi connectivity index (χ2v) is 6.05. The molecule has 1 aromatic heterocycles. The Morgan fingerprint density at radius 3 is 2.74 bits per heavy atom. The van der Waals surface area contributed by atoms with Gasteiger partial charge in [0.05, 0.1) is 12.9 Å². The van der Waals surface area contributed by atoms with Crippen LogP contribution < -0.4 is 21.9 Å². The highest BCUT2D eigenvalue weighted by molar-refractivity contribution is 5.37. The molecule has 1 aliphatic heterocycles. The first-order chi connectivity index (χ1) is 11.0. The fourth-order valence-electron chi connectivity index (χ4n) is 2.73. The lowest BCUT2D eigenvalue weighted by Crippen LogP contribution is -2.46. The second kappa shape index (κ2) is 8.13. The number of hydrogen-bond donors (Lipinski definition) is 1. The Kier molecular flexibility index (Phi) is 6.19. The van der Waals surface area contributed by atoms with Crippen molar-refractivity contribution in [2.24, 2.45) is 5.73 Å². The minimum absolute atomic E-state index is 0.00620. The van der Waals surface area contributed by atoms with E-state index in [2.05, 4.69) is 11.5 Å². The summed E-state index contributed by atoms with van der Waals surface area (Å²) in [7, 11) is 1.64. The Labute approximate surface area is 137 Å². The molecule has 0 unspecified atom stereocenters. The van der Waals surface area contributed by atoms with E-state index < -0.39 is 0 Å². The predicted octanol–water partition coefficient (Wildman–Crippen LogP) is 0.0124. The average Bonchev–Trinajstić information content (AvgIpc) is 2.55. The molecule has 1 fully saturated rings. The number of rotatable bonds is 5. The summed E-state index contributed by atoms with van der Waals surface area (Å²) >= 11 is 0. The molecule has 0 aromatic carbocycles. The lowest BCUT2D eigenvalue weighted by Gasteiger charge is -2.30. The zero-order valence-electron chi connectivity index (χ0n) is 14.1. The largest absolute Gasteiger partial charge is 0.501 e. The van der Waals surface area contributed by atoms with Crippen LogP contribution in [0.25, 0.3) is 12.7 Å². The zero-order chi connectivity index (χ0) is 16.8. The standard InChI is InChI=1S/C18H27N3O2/c1-14(23-3)4-5-16-6-7-18(22)21(15(16)2)13-12-20-10-8-17(19)9-11-20/h4-7,17H,2,8-13,19H2,1,3H3/b14-4+,16-5-. The Bertz CT molecular complexity index is 713. The first-order valence-corrected chi connectivity index (χ1v) is 8.10. The Morgan fingerprint density at radius 1 is 1.39 bits per heavy atom. The van der Waals surface area contributed by atoms with Crippen molar-refractivity contribution >= 4 is 12.7 Å². The normalized spacial score (nSPS) is 18.4. The summed E-state index contributed by atoms with van der Waals surface area (Å²) in [5.74, 6) is 0.812. The first kappa shape index (κ1) is 17.5. The smallest absolute Gasteiger partial charge is 0.251 e. The van der Waals surface area contributed by atoms with E-state index in [0.717, 1.165) is 48.8 Å². The minimum Gasteiger partial charge on any atom is -0.501 e. The topological polar surface area (TPSA) is 60.5 Å². The van der Waals surface area contributed by atoms with Crippen molar-refractivity contribution in [2.75, 3.05) is 26.7 Å². The molecule has 126 valence electrons. The van der Waals surface area contributed by atoms with E-state index in [-0.39, 0.29) is 5.56 Å². The molecule has 0 aliphatic carbocycles. The molecule has 2 heterocycles. The van der Waals surface area contributed by atoms with Crippen molar-refractivity contribution in [1.29, 1.82) is 0 Å². The van der Waals surface area contributed by atoms with Gasteiger partial charge in [0.2, 0.25) is 0 Å². The van der Waals surface area contributed by atoms with Crippen molar-refractivity contribution in [3.63, 3.8) is 0 Å². The van der Waals surface area contributed by atoms with Gasteiger partial charge in [-0.3, -0.25) is 4.79 Å². The van der Waals surface area contributed by atoms with E-state index in [0.29, 0.717) is 12.6 Å². The molecule has 1 saturated heterocycles. The summed E-state index contributed by atoms with van der Waals surface area (Å²) in [4.78, 5) is 14.5. The number of piperidine rings is 1. The Morgan fingerprint density at radius 2 is 2.09 bits per heavy atom. The highest BCUT2D eigenvalue weighted by Crippen LogP contribution is 2.07. The lowest BCUT2D eigenvalue weighted by molar-refractivity contribution is 0.205. The zero-order valence-corrected chi connectivity index (χ0v) is 14.1. The van der Waals surface area contributed by atoms with Gasteiger partial charge in [-0.1, -0.05) is 6.58 Å². The lowest BCUT2D eigenvalue weighted by atomic mass is 10.1. The molecule has 5 nitrogen and oxygen atoms in total. The van der Waals surface area contributed by atoms with Gasteiger partial charge < -0.3 is 19.9 Å². The molecule has 1 aliphatic rings. The van der Waals surface area contributed by atoms with E-state index >= 15 is 0 Å². The fraction of sp³-hybridized carbons (Fsp3) is 0.500. The van der Waals surface area contributed by atoms with Crippen LogP contribution in [0.1, 0.15) is 19.8 Å². The third kappa shape index (κ3) is 4.81. The van der Waals surface area contributed by atoms with Crippen molar-refractivity contribution in [2.45, 2.75) is 32.4 Å². The van der Waals surface area contributed by atoms with Gasteiger partial charge in [-0.25, -0.2) is 0 Å². The molecule has 0 atom stereocenters. The number of likely N-dealkylation sites (tertiary alicyclic amines) is 1. The van der Waals surface area contributed by atoms with E-state index in [1.807, 2.05) is 19.1 Å². The minimum atomic E-state index is -0.00620. The van der Waals surface area contributed by atoms with Crippen LogP contribution >= 0.6 is 0 Å². The number of ether oxygens (including phenoxy) is 1. The number of nitrogens with zero attached hydrogens (tertiary/aromatic N) is 2. The Hall–Kier alpha value is -1.85. The molecule has 0 saturated carbocycles. The van der Waals surface area contributed by atoms with Gasteiger partial charge in [-0.05, 0) is 56.3 Å². The summed E-state index contributed by atoms with van der Waals surface area (Å²) in [6, 6.07) is 3.73. The summed E-state index contributed by atoms with van der Waals surface area (Å²) in [5.41, 5.74) is 5.92. The van der Waals surface area contributed by atoms with Crippen molar-refractivity contribution < 1.29 is 4.74 Å². The molecular formula is C18H27N3O2. The maximum Gasteiger partial charge on any atom is 0.251 e.